The number of benzene rings is 3. The van der Waals surface area contributed by atoms with Gasteiger partial charge in [0.2, 0.25) is 0 Å². The molecule has 16 nitrogen and oxygen atoms in total. The van der Waals surface area contributed by atoms with Gasteiger partial charge < -0.3 is 29.9 Å². The molecule has 2 saturated heterocycles. The third-order valence-corrected chi connectivity index (χ3v) is 18.8. The molecule has 7 rings (SSSR count). The summed E-state index contributed by atoms with van der Waals surface area (Å²) in [6.45, 7) is 12.5. The molecule has 18 heteroatoms. The van der Waals surface area contributed by atoms with Gasteiger partial charge in [-0.05, 0) is 92.4 Å². The number of carbonyl (C=O) groups is 2. The van der Waals surface area contributed by atoms with Gasteiger partial charge in [0.1, 0.15) is 11.5 Å². The predicted molar refractivity (Wildman–Crippen MR) is 325 cm³/mol. The molecule has 4 heterocycles. The van der Waals surface area contributed by atoms with Crippen LogP contribution >= 0.6 is 0 Å². The first-order chi connectivity index (χ1) is 38.5. The van der Waals surface area contributed by atoms with Gasteiger partial charge in [-0.3, -0.25) is 14.7 Å². The highest BCUT2D eigenvalue weighted by molar-refractivity contribution is 7.91. The number of rotatable bonds is 33. The highest BCUT2D eigenvalue weighted by Crippen LogP contribution is 2.31. The van der Waals surface area contributed by atoms with Crippen LogP contribution in [0.2, 0.25) is 0 Å². The van der Waals surface area contributed by atoms with E-state index in [-0.39, 0.29) is 40.2 Å². The second kappa shape index (κ2) is 30.4. The van der Waals surface area contributed by atoms with Crippen LogP contribution in [0.5, 0.6) is 11.5 Å². The zero-order valence-electron chi connectivity index (χ0n) is 48.6. The van der Waals surface area contributed by atoms with E-state index in [4.69, 9.17) is 19.6 Å². The standard InChI is InChI=1S/C62H92N8O8S2/c1-6-8-10-12-14-16-18-20-22-24-26-55(77-53-32-28-51(29-33-53)68-36-40-79(73,74)41-37-68)60(71)63-49-44-48(59-65-58-47-57(62(3,4)5)66-70(58)67-59)45-50(46-49)64-61(72)56(27-25-23-21-19-17-15-13-11-9-7-2)78-54-34-30-52(31-35-54)69-38-42-80(75,76)43-39-69/h28-35,44-47,55-56,66H,6-27,36-43H2,1-5H3,(H,63,71)(H,64,72). The summed E-state index contributed by atoms with van der Waals surface area (Å²) < 4.78 is 63.3. The second-order valence-corrected chi connectivity index (χ2v) is 27.9. The van der Waals surface area contributed by atoms with Crippen LogP contribution < -0.4 is 29.9 Å². The number of aromatic nitrogens is 4. The van der Waals surface area contributed by atoms with Crippen LogP contribution in [0.1, 0.15) is 182 Å². The number of ether oxygens (including phenoxy) is 2. The average molecular weight is 1140 g/mol. The Bertz CT molecular complexity index is 2720. The quantitative estimate of drug-likeness (QED) is 0.0337. The van der Waals surface area contributed by atoms with Gasteiger partial charge in [0.05, 0.1) is 23.0 Å². The van der Waals surface area contributed by atoms with Crippen molar-refractivity contribution in [2.24, 2.45) is 0 Å². The summed E-state index contributed by atoms with van der Waals surface area (Å²) in [6, 6.07) is 22.4. The SMILES string of the molecule is CCCCCCCCCCCCC(Oc1ccc(N2CCS(=O)(=O)CC2)cc1)C(=O)Nc1cc(NC(=O)C(CCCCCCCCCCCC)Oc2ccc(N3CCS(=O)(=O)CC3)cc2)cc(-c2nc3cc(C(C)(C)C)[nH]n3n2)c1. The number of hydrogen-bond donors (Lipinski definition) is 3. The van der Waals surface area contributed by atoms with E-state index in [2.05, 4.69) is 60.2 Å². The van der Waals surface area contributed by atoms with Crippen molar-refractivity contribution in [3.63, 3.8) is 0 Å². The number of H-pyrrole nitrogens is 1. The molecule has 0 bridgehead atoms. The maximum atomic E-state index is 14.7. The van der Waals surface area contributed by atoms with E-state index < -0.39 is 31.9 Å². The molecule has 2 aliphatic rings. The molecule has 2 aromatic heterocycles. The number of nitrogens with one attached hydrogen (secondary N) is 3. The Labute approximate surface area is 477 Å². The minimum absolute atomic E-state index is 0.116. The number of fused-ring (bicyclic) bond motifs is 1. The van der Waals surface area contributed by atoms with E-state index in [1.54, 1.807) is 10.7 Å². The molecule has 2 fully saturated rings. The highest BCUT2D eigenvalue weighted by atomic mass is 32.2. The maximum Gasteiger partial charge on any atom is 0.265 e. The van der Waals surface area contributed by atoms with Gasteiger partial charge >= 0.3 is 0 Å². The molecule has 5 aromatic rings. The number of carbonyl (C=O) groups excluding carboxylic acids is 2. The smallest absolute Gasteiger partial charge is 0.265 e. The lowest BCUT2D eigenvalue weighted by Crippen LogP contribution is -2.40. The fraction of sp³-hybridized carbons (Fsp3) is 0.613. The Morgan fingerprint density at radius 1 is 0.550 bits per heavy atom. The Hall–Kier alpha value is -5.62. The summed E-state index contributed by atoms with van der Waals surface area (Å²) in [5.41, 5.74) is 4.68. The van der Waals surface area contributed by atoms with Crippen LogP contribution in [0.25, 0.3) is 17.0 Å². The summed E-state index contributed by atoms with van der Waals surface area (Å²) in [5.74, 6) is 1.26. The third-order valence-electron chi connectivity index (χ3n) is 15.5. The Morgan fingerprint density at radius 2 is 0.925 bits per heavy atom. The van der Waals surface area contributed by atoms with Crippen molar-refractivity contribution in [3.05, 3.63) is 78.5 Å². The highest BCUT2D eigenvalue weighted by Gasteiger charge is 2.27. The third kappa shape index (κ3) is 19.8. The van der Waals surface area contributed by atoms with Crippen molar-refractivity contribution in [3.8, 4) is 22.9 Å². The van der Waals surface area contributed by atoms with E-state index >= 15 is 0 Å². The van der Waals surface area contributed by atoms with Gasteiger partial charge in [0.15, 0.2) is 43.4 Å². The van der Waals surface area contributed by atoms with Crippen LogP contribution in [0.15, 0.2) is 72.8 Å². The average Bonchev–Trinajstić information content (AvgIpc) is 4.06. The lowest BCUT2D eigenvalue weighted by Gasteiger charge is -2.29. The molecule has 80 heavy (non-hydrogen) atoms. The van der Waals surface area contributed by atoms with E-state index in [1.165, 1.54) is 77.0 Å². The minimum atomic E-state index is -3.04. The molecule has 0 saturated carbocycles. The lowest BCUT2D eigenvalue weighted by molar-refractivity contribution is -0.123. The molecule has 440 valence electrons. The maximum absolute atomic E-state index is 14.7. The summed E-state index contributed by atoms with van der Waals surface area (Å²) >= 11 is 0. The zero-order chi connectivity index (χ0) is 57.0. The molecule has 3 N–H and O–H groups in total. The molecular formula is C62H92N8O8S2. The molecular weight excluding hydrogens is 1050 g/mol. The first kappa shape index (κ1) is 62.0. The van der Waals surface area contributed by atoms with Crippen molar-refractivity contribution in [1.82, 2.24) is 19.8 Å². The summed E-state index contributed by atoms with van der Waals surface area (Å²) in [5, 5.41) is 14.5. The van der Waals surface area contributed by atoms with Gasteiger partial charge in [-0.15, -0.1) is 5.10 Å². The number of nitrogens with zero attached hydrogens (tertiary/aromatic N) is 5. The van der Waals surface area contributed by atoms with Crippen LogP contribution in [0.3, 0.4) is 0 Å². The van der Waals surface area contributed by atoms with E-state index in [9.17, 15) is 26.4 Å². The molecule has 3 aromatic carbocycles. The van der Waals surface area contributed by atoms with Crippen LogP contribution in [0, 0.1) is 0 Å². The number of amides is 2. The van der Waals surface area contributed by atoms with E-state index in [1.807, 2.05) is 66.7 Å². The number of hydrogen-bond acceptors (Lipinski definition) is 12. The van der Waals surface area contributed by atoms with E-state index in [0.29, 0.717) is 78.9 Å². The van der Waals surface area contributed by atoms with E-state index in [0.717, 1.165) is 68.4 Å². The summed E-state index contributed by atoms with van der Waals surface area (Å²) in [7, 11) is -6.07. The zero-order valence-corrected chi connectivity index (χ0v) is 50.2. The Balaban J connectivity index is 1.11. The second-order valence-electron chi connectivity index (χ2n) is 23.3. The fourth-order valence-electron chi connectivity index (χ4n) is 10.5. The number of aromatic amines is 1. The molecule has 2 unspecified atom stereocenters. The lowest BCUT2D eigenvalue weighted by atomic mass is 9.93. The molecule has 0 radical (unpaired) electrons. The van der Waals surface area contributed by atoms with Gasteiger partial charge in [-0.1, -0.05) is 150 Å². The Morgan fingerprint density at radius 3 is 1.29 bits per heavy atom. The fourth-order valence-corrected chi connectivity index (χ4v) is 12.9. The molecule has 2 amide bonds. The van der Waals surface area contributed by atoms with Crippen LogP contribution in [-0.4, -0.2) is 110 Å². The van der Waals surface area contributed by atoms with Crippen LogP contribution in [0.4, 0.5) is 22.7 Å². The first-order valence-corrected chi connectivity index (χ1v) is 33.8. The first-order valence-electron chi connectivity index (χ1n) is 30.1. The van der Waals surface area contributed by atoms with Crippen molar-refractivity contribution >= 4 is 59.9 Å². The van der Waals surface area contributed by atoms with Gasteiger partial charge in [-0.25, -0.2) is 21.8 Å². The molecule has 0 spiro atoms. The Kier molecular flexibility index (Phi) is 23.6. The molecule has 2 atom stereocenters. The van der Waals surface area contributed by atoms with Crippen molar-refractivity contribution in [2.75, 3.05) is 69.6 Å². The monoisotopic (exact) mass is 1140 g/mol. The van der Waals surface area contributed by atoms with Crippen molar-refractivity contribution in [1.29, 1.82) is 0 Å². The number of sulfone groups is 2. The number of anilines is 4. The summed E-state index contributed by atoms with van der Waals surface area (Å²) in [6.07, 6.45) is 22.4. The molecule has 2 aliphatic heterocycles. The number of unbranched alkanes of at least 4 members (excludes halogenated alkanes) is 18. The summed E-state index contributed by atoms with van der Waals surface area (Å²) in [4.78, 5) is 38.3. The largest absolute Gasteiger partial charge is 0.481 e. The van der Waals surface area contributed by atoms with Crippen LogP contribution in [-0.2, 0) is 34.7 Å². The topological polar surface area (TPSA) is 197 Å². The minimum Gasteiger partial charge on any atom is -0.481 e. The van der Waals surface area contributed by atoms with Gasteiger partial charge in [0, 0.05) is 71.7 Å². The van der Waals surface area contributed by atoms with Gasteiger partial charge in [0.25, 0.3) is 11.8 Å². The van der Waals surface area contributed by atoms with Gasteiger partial charge in [-0.2, -0.15) is 4.63 Å². The predicted octanol–water partition coefficient (Wildman–Crippen LogP) is 12.9. The normalized spacial score (nSPS) is 16.1. The van der Waals surface area contributed by atoms with Crippen molar-refractivity contribution in [2.45, 2.75) is 193 Å². The van der Waals surface area contributed by atoms with Crippen molar-refractivity contribution < 1.29 is 35.9 Å². The molecule has 0 aliphatic carbocycles.